The molecule has 1 heterocycles. The van der Waals surface area contributed by atoms with Gasteiger partial charge in [-0.15, -0.1) is 0 Å². The lowest BCUT2D eigenvalue weighted by Crippen LogP contribution is -2.49. The molecule has 9 nitrogen and oxygen atoms in total. The molecule has 31 heavy (non-hydrogen) atoms. The number of nitro groups is 1. The minimum absolute atomic E-state index is 0.00463. The molecule has 1 N–H and O–H groups in total. The van der Waals surface area contributed by atoms with E-state index >= 15 is 0 Å². The van der Waals surface area contributed by atoms with E-state index in [0.29, 0.717) is 37.3 Å². The molecule has 2 aromatic rings. The van der Waals surface area contributed by atoms with Gasteiger partial charge in [0.05, 0.1) is 16.1 Å². The summed E-state index contributed by atoms with van der Waals surface area (Å²) in [5.41, 5.74) is 0.847. The van der Waals surface area contributed by atoms with E-state index in [1.165, 1.54) is 49.4 Å². The zero-order valence-electron chi connectivity index (χ0n) is 16.9. The fourth-order valence-electron chi connectivity index (χ4n) is 3.48. The second kappa shape index (κ2) is 9.21. The van der Waals surface area contributed by atoms with Crippen molar-refractivity contribution in [2.45, 2.75) is 6.92 Å². The van der Waals surface area contributed by atoms with Crippen molar-refractivity contribution >= 4 is 29.5 Å². The molecular formula is C22H21N3O6. The molecule has 0 spiro atoms. The Morgan fingerprint density at radius 2 is 1.68 bits per heavy atom. The van der Waals surface area contributed by atoms with Crippen LogP contribution in [0.15, 0.2) is 48.5 Å². The average Bonchev–Trinajstić information content (AvgIpc) is 2.77. The molecule has 9 heteroatoms. The first kappa shape index (κ1) is 21.7. The van der Waals surface area contributed by atoms with Crippen LogP contribution >= 0.6 is 0 Å². The Hall–Kier alpha value is -4.01. The van der Waals surface area contributed by atoms with Crippen molar-refractivity contribution in [2.24, 2.45) is 0 Å². The molecule has 1 aliphatic heterocycles. The second-order valence-corrected chi connectivity index (χ2v) is 7.05. The molecular weight excluding hydrogens is 402 g/mol. The molecule has 0 bridgehead atoms. The standard InChI is InChI=1S/C22H21N3O6/c1-15(26)23-10-12-24(13-11-23)20(27)9-8-16-4-3-7-19(25(30)31)21(16)17-5-2-6-18(14-17)22(28)29/h2-9,14H,10-13H2,1H3,(H,28,29)/b9-8+. The Morgan fingerprint density at radius 1 is 1.03 bits per heavy atom. The maximum absolute atomic E-state index is 12.6. The van der Waals surface area contributed by atoms with Gasteiger partial charge < -0.3 is 14.9 Å². The van der Waals surface area contributed by atoms with Gasteiger partial charge in [0.25, 0.3) is 5.69 Å². The van der Waals surface area contributed by atoms with E-state index in [9.17, 15) is 29.6 Å². The van der Waals surface area contributed by atoms with Gasteiger partial charge in [0.2, 0.25) is 11.8 Å². The molecule has 0 radical (unpaired) electrons. The number of carbonyl (C=O) groups excluding carboxylic acids is 2. The number of carbonyl (C=O) groups is 3. The van der Waals surface area contributed by atoms with Crippen LogP contribution in [-0.2, 0) is 9.59 Å². The van der Waals surface area contributed by atoms with Crippen molar-refractivity contribution in [2.75, 3.05) is 26.2 Å². The van der Waals surface area contributed by atoms with E-state index in [2.05, 4.69) is 0 Å². The number of rotatable bonds is 5. The van der Waals surface area contributed by atoms with Crippen LogP contribution in [0.1, 0.15) is 22.8 Å². The zero-order chi connectivity index (χ0) is 22.5. The number of aromatic carboxylic acids is 1. The number of hydrogen-bond acceptors (Lipinski definition) is 5. The predicted octanol–water partition coefficient (Wildman–Crippen LogP) is 2.66. The lowest BCUT2D eigenvalue weighted by atomic mass is 9.96. The number of amides is 2. The summed E-state index contributed by atoms with van der Waals surface area (Å²) < 4.78 is 0. The molecule has 1 fully saturated rings. The summed E-state index contributed by atoms with van der Waals surface area (Å²) in [6.45, 7) is 3.22. The fraction of sp³-hybridized carbons (Fsp3) is 0.227. The Morgan fingerprint density at radius 3 is 2.29 bits per heavy atom. The minimum atomic E-state index is -1.14. The quantitative estimate of drug-likeness (QED) is 0.448. The maximum Gasteiger partial charge on any atom is 0.335 e. The van der Waals surface area contributed by atoms with Crippen molar-refractivity contribution in [1.29, 1.82) is 0 Å². The van der Waals surface area contributed by atoms with Crippen molar-refractivity contribution in [3.05, 3.63) is 69.8 Å². The van der Waals surface area contributed by atoms with Gasteiger partial charge in [-0.1, -0.05) is 24.3 Å². The Kier molecular flexibility index (Phi) is 6.44. The third-order valence-corrected chi connectivity index (χ3v) is 5.11. The minimum Gasteiger partial charge on any atom is -0.478 e. The average molecular weight is 423 g/mol. The number of nitrogens with zero attached hydrogens (tertiary/aromatic N) is 3. The number of benzene rings is 2. The highest BCUT2D eigenvalue weighted by molar-refractivity contribution is 5.95. The molecule has 2 aromatic carbocycles. The topological polar surface area (TPSA) is 121 Å². The molecule has 1 aliphatic rings. The van der Waals surface area contributed by atoms with Crippen molar-refractivity contribution in [3.63, 3.8) is 0 Å². The SMILES string of the molecule is CC(=O)N1CCN(C(=O)/C=C/c2cccc([N+](=O)[O-])c2-c2cccc(C(=O)O)c2)CC1. The van der Waals surface area contributed by atoms with Crippen molar-refractivity contribution in [3.8, 4) is 11.1 Å². The number of hydrogen-bond donors (Lipinski definition) is 1. The van der Waals surface area contributed by atoms with Gasteiger partial charge >= 0.3 is 5.97 Å². The predicted molar refractivity (Wildman–Crippen MR) is 113 cm³/mol. The first-order valence-corrected chi connectivity index (χ1v) is 9.61. The lowest BCUT2D eigenvalue weighted by molar-refractivity contribution is -0.384. The molecule has 2 amide bonds. The number of carboxylic acids is 1. The lowest BCUT2D eigenvalue weighted by Gasteiger charge is -2.33. The van der Waals surface area contributed by atoms with Gasteiger partial charge in [0.1, 0.15) is 0 Å². The van der Waals surface area contributed by atoms with Crippen LogP contribution in [0.2, 0.25) is 0 Å². The van der Waals surface area contributed by atoms with Gasteiger partial charge in [-0.25, -0.2) is 4.79 Å². The van der Waals surface area contributed by atoms with E-state index < -0.39 is 10.9 Å². The van der Waals surface area contributed by atoms with Crippen LogP contribution in [-0.4, -0.2) is 63.8 Å². The summed E-state index contributed by atoms with van der Waals surface area (Å²) in [5.74, 6) is -1.44. The summed E-state index contributed by atoms with van der Waals surface area (Å²) in [6.07, 6.45) is 2.84. The molecule has 1 saturated heterocycles. The van der Waals surface area contributed by atoms with Crippen LogP contribution in [0, 0.1) is 10.1 Å². The van der Waals surface area contributed by atoms with E-state index in [-0.39, 0.29) is 28.6 Å². The Bertz CT molecular complexity index is 1070. The van der Waals surface area contributed by atoms with Gasteiger partial charge in [0.15, 0.2) is 0 Å². The van der Waals surface area contributed by atoms with Crippen LogP contribution in [0.3, 0.4) is 0 Å². The van der Waals surface area contributed by atoms with Crippen LogP contribution < -0.4 is 0 Å². The monoisotopic (exact) mass is 423 g/mol. The highest BCUT2D eigenvalue weighted by Crippen LogP contribution is 2.34. The first-order valence-electron chi connectivity index (χ1n) is 9.61. The number of nitro benzene ring substituents is 1. The Labute approximate surface area is 178 Å². The molecule has 0 saturated carbocycles. The molecule has 160 valence electrons. The molecule has 3 rings (SSSR count). The van der Waals surface area contributed by atoms with Gasteiger partial charge in [0, 0.05) is 45.2 Å². The van der Waals surface area contributed by atoms with E-state index in [0.717, 1.165) is 0 Å². The summed E-state index contributed by atoms with van der Waals surface area (Å²) in [5, 5.41) is 20.8. The normalized spacial score (nSPS) is 14.0. The molecule has 0 unspecified atom stereocenters. The second-order valence-electron chi connectivity index (χ2n) is 7.05. The van der Waals surface area contributed by atoms with Gasteiger partial charge in [-0.05, 0) is 29.3 Å². The smallest absolute Gasteiger partial charge is 0.335 e. The zero-order valence-corrected chi connectivity index (χ0v) is 16.9. The summed E-state index contributed by atoms with van der Waals surface area (Å²) in [6, 6.07) is 10.4. The van der Waals surface area contributed by atoms with E-state index in [1.807, 2.05) is 0 Å². The first-order chi connectivity index (χ1) is 14.8. The summed E-state index contributed by atoms with van der Waals surface area (Å²) in [4.78, 5) is 49.7. The summed E-state index contributed by atoms with van der Waals surface area (Å²) in [7, 11) is 0. The number of piperazine rings is 1. The highest BCUT2D eigenvalue weighted by atomic mass is 16.6. The van der Waals surface area contributed by atoms with E-state index in [4.69, 9.17) is 0 Å². The maximum atomic E-state index is 12.6. The van der Waals surface area contributed by atoms with Gasteiger partial charge in [-0.3, -0.25) is 19.7 Å². The van der Waals surface area contributed by atoms with Crippen LogP contribution in [0.4, 0.5) is 5.69 Å². The third-order valence-electron chi connectivity index (χ3n) is 5.11. The van der Waals surface area contributed by atoms with Crippen LogP contribution in [0.5, 0.6) is 0 Å². The van der Waals surface area contributed by atoms with E-state index in [1.54, 1.807) is 21.9 Å². The molecule has 0 atom stereocenters. The van der Waals surface area contributed by atoms with Gasteiger partial charge in [-0.2, -0.15) is 0 Å². The van der Waals surface area contributed by atoms with Crippen molar-refractivity contribution in [1.82, 2.24) is 9.80 Å². The van der Waals surface area contributed by atoms with Crippen LogP contribution in [0.25, 0.3) is 17.2 Å². The highest BCUT2D eigenvalue weighted by Gasteiger charge is 2.22. The third kappa shape index (κ3) is 4.95. The fourth-order valence-corrected chi connectivity index (χ4v) is 3.48. The summed E-state index contributed by atoms with van der Waals surface area (Å²) >= 11 is 0. The molecule has 0 aromatic heterocycles. The van der Waals surface area contributed by atoms with Crippen molar-refractivity contribution < 1.29 is 24.4 Å². The largest absolute Gasteiger partial charge is 0.478 e. The Balaban J connectivity index is 1.91. The molecule has 0 aliphatic carbocycles. The number of carboxylic acid groups (broad SMARTS) is 1.